The Morgan fingerprint density at radius 3 is 1.87 bits per heavy atom. The zero-order valence-electron chi connectivity index (χ0n) is 25.4. The van der Waals surface area contributed by atoms with Crippen molar-refractivity contribution >= 4 is 48.6 Å². The van der Waals surface area contributed by atoms with Gasteiger partial charge in [-0.1, -0.05) is 115 Å². The fraction of sp³-hybridized carbons (Fsp3) is 0.0227. The summed E-state index contributed by atoms with van der Waals surface area (Å²) in [6.07, 6.45) is 0. The molecule has 0 saturated heterocycles. The molecule has 1 spiro atoms. The summed E-state index contributed by atoms with van der Waals surface area (Å²) in [4.78, 5) is 16.3. The van der Waals surface area contributed by atoms with E-state index in [0.29, 0.717) is 0 Å². The van der Waals surface area contributed by atoms with Crippen LogP contribution in [0.4, 0.5) is 17.1 Å². The predicted molar refractivity (Wildman–Crippen MR) is 197 cm³/mol. The van der Waals surface area contributed by atoms with Crippen molar-refractivity contribution in [3.05, 3.63) is 196 Å². The SMILES string of the molecule is O=c1c2ccccc2sc2cc3c(cc12)-c1ccccc1C31c2ccccc2N(c2cccc(-c3ccccc3)c2)c2ccccc21. The van der Waals surface area contributed by atoms with Gasteiger partial charge in [-0.05, 0) is 93.0 Å². The van der Waals surface area contributed by atoms with Crippen LogP contribution in [0.15, 0.2) is 169 Å². The maximum atomic E-state index is 13.9. The van der Waals surface area contributed by atoms with Gasteiger partial charge in [0.15, 0.2) is 5.43 Å². The molecule has 0 saturated carbocycles. The zero-order chi connectivity index (χ0) is 31.1. The van der Waals surface area contributed by atoms with Gasteiger partial charge >= 0.3 is 0 Å². The van der Waals surface area contributed by atoms with Crippen LogP contribution in [0.5, 0.6) is 0 Å². The minimum atomic E-state index is -0.553. The van der Waals surface area contributed by atoms with Gasteiger partial charge in [0, 0.05) is 25.9 Å². The Morgan fingerprint density at radius 2 is 1.09 bits per heavy atom. The highest BCUT2D eigenvalue weighted by atomic mass is 32.1. The number of para-hydroxylation sites is 2. The molecule has 8 aromatic rings. The summed E-state index contributed by atoms with van der Waals surface area (Å²) in [6.45, 7) is 0. The zero-order valence-corrected chi connectivity index (χ0v) is 26.2. The minimum absolute atomic E-state index is 0.101. The van der Waals surface area contributed by atoms with Crippen LogP contribution in [-0.4, -0.2) is 0 Å². The van der Waals surface area contributed by atoms with E-state index in [1.165, 1.54) is 38.9 Å². The van der Waals surface area contributed by atoms with E-state index in [-0.39, 0.29) is 5.43 Å². The summed E-state index contributed by atoms with van der Waals surface area (Å²) in [5, 5.41) is 1.57. The average Bonchev–Trinajstić information content (AvgIpc) is 3.41. The van der Waals surface area contributed by atoms with Crippen molar-refractivity contribution in [3.8, 4) is 22.3 Å². The van der Waals surface area contributed by atoms with Gasteiger partial charge in [-0.3, -0.25) is 4.79 Å². The summed E-state index contributed by atoms with van der Waals surface area (Å²) in [5.41, 5.74) is 12.6. The number of benzene rings is 7. The first-order valence-corrected chi connectivity index (χ1v) is 16.8. The molecule has 0 radical (unpaired) electrons. The summed E-state index contributed by atoms with van der Waals surface area (Å²) in [6, 6.07) is 58.5. The van der Waals surface area contributed by atoms with Gasteiger partial charge in [-0.15, -0.1) is 11.3 Å². The van der Waals surface area contributed by atoms with Crippen LogP contribution < -0.4 is 10.3 Å². The first-order valence-electron chi connectivity index (χ1n) is 16.0. The van der Waals surface area contributed by atoms with Crippen LogP contribution in [0.3, 0.4) is 0 Å². The van der Waals surface area contributed by atoms with Gasteiger partial charge in [0.05, 0.1) is 16.8 Å². The molecule has 0 fully saturated rings. The highest BCUT2D eigenvalue weighted by Crippen LogP contribution is 2.63. The molecule has 0 amide bonds. The van der Waals surface area contributed by atoms with Crippen molar-refractivity contribution in [2.45, 2.75) is 5.41 Å². The van der Waals surface area contributed by atoms with Gasteiger partial charge < -0.3 is 4.90 Å². The monoisotopic (exact) mass is 617 g/mol. The molecule has 0 unspecified atom stereocenters. The number of hydrogen-bond acceptors (Lipinski definition) is 3. The van der Waals surface area contributed by atoms with Crippen molar-refractivity contribution in [1.82, 2.24) is 0 Å². The van der Waals surface area contributed by atoms with Crippen molar-refractivity contribution in [3.63, 3.8) is 0 Å². The summed E-state index contributed by atoms with van der Waals surface area (Å²) in [5.74, 6) is 0. The summed E-state index contributed by atoms with van der Waals surface area (Å²) >= 11 is 1.71. The lowest BCUT2D eigenvalue weighted by Crippen LogP contribution is -2.36. The predicted octanol–water partition coefficient (Wildman–Crippen LogP) is 11.2. The lowest BCUT2D eigenvalue weighted by Gasteiger charge is -2.45. The van der Waals surface area contributed by atoms with E-state index in [4.69, 9.17) is 0 Å². The van der Waals surface area contributed by atoms with Crippen LogP contribution in [0.2, 0.25) is 0 Å². The molecule has 3 heteroatoms. The van der Waals surface area contributed by atoms with Gasteiger partial charge in [0.25, 0.3) is 0 Å². The number of hydrogen-bond donors (Lipinski definition) is 0. The molecule has 47 heavy (non-hydrogen) atoms. The van der Waals surface area contributed by atoms with Gasteiger partial charge in [-0.25, -0.2) is 0 Å². The second kappa shape index (κ2) is 9.86. The molecule has 220 valence electrons. The smallest absolute Gasteiger partial charge is 0.195 e. The van der Waals surface area contributed by atoms with Crippen LogP contribution in [0, 0.1) is 0 Å². The molecule has 0 atom stereocenters. The van der Waals surface area contributed by atoms with Crippen molar-refractivity contribution < 1.29 is 0 Å². The van der Waals surface area contributed by atoms with Gasteiger partial charge in [-0.2, -0.15) is 0 Å². The third-order valence-corrected chi connectivity index (χ3v) is 11.2. The number of anilines is 3. The Morgan fingerprint density at radius 1 is 0.447 bits per heavy atom. The standard InChI is InChI=1S/C44H27NOS/c46-43-32-18-5-11-24-41(32)47-42-27-38-33(26-34(42)43)31-17-4-6-19-35(31)44(38)36-20-7-9-22-39(36)45(40-23-10-8-21-37(40)44)30-16-12-15-29(25-30)28-13-2-1-3-14-28/h1-27H. The minimum Gasteiger partial charge on any atom is -0.310 e. The summed E-state index contributed by atoms with van der Waals surface area (Å²) < 4.78 is 2.04. The van der Waals surface area contributed by atoms with Gasteiger partial charge in [0.1, 0.15) is 0 Å². The third kappa shape index (κ3) is 3.58. The molecule has 2 aliphatic rings. The molecular formula is C44H27NOS. The number of fused-ring (bicyclic) bond motifs is 11. The van der Waals surface area contributed by atoms with E-state index in [0.717, 1.165) is 42.8 Å². The number of nitrogens with zero attached hydrogens (tertiary/aromatic N) is 1. The molecule has 2 nitrogen and oxygen atoms in total. The van der Waals surface area contributed by atoms with Crippen LogP contribution in [0.1, 0.15) is 22.3 Å². The van der Waals surface area contributed by atoms with E-state index < -0.39 is 5.41 Å². The fourth-order valence-corrected chi connectivity index (χ4v) is 9.22. The maximum absolute atomic E-state index is 13.9. The van der Waals surface area contributed by atoms with E-state index >= 15 is 0 Å². The Labute approximate surface area is 276 Å². The maximum Gasteiger partial charge on any atom is 0.195 e. The normalized spacial score (nSPS) is 13.7. The molecule has 1 aliphatic carbocycles. The highest BCUT2D eigenvalue weighted by Gasteiger charge is 2.51. The highest BCUT2D eigenvalue weighted by molar-refractivity contribution is 7.24. The summed E-state index contributed by atoms with van der Waals surface area (Å²) in [7, 11) is 0. The van der Waals surface area contributed by atoms with E-state index in [1.807, 2.05) is 18.2 Å². The second-order valence-electron chi connectivity index (χ2n) is 12.4. The average molecular weight is 618 g/mol. The molecule has 1 aliphatic heterocycles. The Balaban J connectivity index is 1.30. The topological polar surface area (TPSA) is 20.3 Å². The van der Waals surface area contributed by atoms with E-state index in [2.05, 4.69) is 150 Å². The molecule has 0 bridgehead atoms. The number of rotatable bonds is 2. The van der Waals surface area contributed by atoms with Crippen LogP contribution >= 0.6 is 11.3 Å². The Hall–Kier alpha value is -5.77. The molecular weight excluding hydrogens is 591 g/mol. The Kier molecular flexibility index (Phi) is 5.55. The van der Waals surface area contributed by atoms with Crippen molar-refractivity contribution in [1.29, 1.82) is 0 Å². The van der Waals surface area contributed by atoms with Crippen molar-refractivity contribution in [2.75, 3.05) is 4.90 Å². The molecule has 1 aromatic heterocycles. The fourth-order valence-electron chi connectivity index (χ4n) is 8.13. The largest absolute Gasteiger partial charge is 0.310 e. The second-order valence-corrected chi connectivity index (χ2v) is 13.5. The van der Waals surface area contributed by atoms with Crippen LogP contribution in [-0.2, 0) is 5.41 Å². The first-order chi connectivity index (χ1) is 23.2. The van der Waals surface area contributed by atoms with E-state index in [1.54, 1.807) is 11.3 Å². The Bertz CT molecular complexity index is 2570. The molecule has 10 rings (SSSR count). The third-order valence-electron chi connectivity index (χ3n) is 10.1. The molecule has 0 N–H and O–H groups in total. The van der Waals surface area contributed by atoms with Gasteiger partial charge in [0.2, 0.25) is 0 Å². The lowest BCUT2D eigenvalue weighted by molar-refractivity contribution is 0.754. The molecule has 2 heterocycles. The van der Waals surface area contributed by atoms with Crippen LogP contribution in [0.25, 0.3) is 42.4 Å². The van der Waals surface area contributed by atoms with Crippen molar-refractivity contribution in [2.24, 2.45) is 0 Å². The lowest BCUT2D eigenvalue weighted by atomic mass is 9.64. The van der Waals surface area contributed by atoms with E-state index in [9.17, 15) is 4.79 Å². The quantitative estimate of drug-likeness (QED) is 0.180. The molecule has 7 aromatic carbocycles. The first kappa shape index (κ1) is 26.4.